The maximum absolute atomic E-state index is 12.9. The molecule has 0 heterocycles. The number of nitrogens with one attached hydrogen (secondary N) is 1. The molecule has 0 bridgehead atoms. The van der Waals surface area contributed by atoms with Gasteiger partial charge in [-0.2, -0.15) is 0 Å². The van der Waals surface area contributed by atoms with Crippen LogP contribution < -0.4 is 10.2 Å². The Labute approximate surface area is 115 Å². The second kappa shape index (κ2) is 6.87. The number of hydrogen-bond donors (Lipinski definition) is 2. The summed E-state index contributed by atoms with van der Waals surface area (Å²) in [6, 6.07) is 6.78. The van der Waals surface area contributed by atoms with Gasteiger partial charge in [-0.25, -0.2) is 4.39 Å². The molecule has 1 atom stereocenters. The molecule has 19 heavy (non-hydrogen) atoms. The van der Waals surface area contributed by atoms with E-state index in [4.69, 9.17) is 0 Å². The van der Waals surface area contributed by atoms with Crippen LogP contribution in [0, 0.1) is 5.82 Å². The summed E-state index contributed by atoms with van der Waals surface area (Å²) in [4.78, 5) is 2.06. The van der Waals surface area contributed by atoms with Crippen LogP contribution in [0.4, 0.5) is 10.1 Å². The number of nitrogens with zero attached hydrogens (tertiary/aromatic N) is 1. The van der Waals surface area contributed by atoms with Crippen LogP contribution in [0.5, 0.6) is 0 Å². The van der Waals surface area contributed by atoms with Crippen molar-refractivity contribution in [3.63, 3.8) is 0 Å². The largest absolute Gasteiger partial charge is 0.394 e. The molecule has 0 aromatic heterocycles. The lowest BCUT2D eigenvalue weighted by atomic mass is 9.97. The number of rotatable bonds is 7. The van der Waals surface area contributed by atoms with Gasteiger partial charge in [0.1, 0.15) is 5.82 Å². The number of hydrogen-bond acceptors (Lipinski definition) is 3. The highest BCUT2D eigenvalue weighted by molar-refractivity contribution is 5.45. The van der Waals surface area contributed by atoms with E-state index in [0.717, 1.165) is 18.7 Å². The molecular weight excluding hydrogens is 243 g/mol. The van der Waals surface area contributed by atoms with E-state index in [2.05, 4.69) is 24.1 Å². The van der Waals surface area contributed by atoms with Crippen molar-refractivity contribution in [2.75, 3.05) is 25.1 Å². The molecule has 3 nitrogen and oxygen atoms in total. The van der Waals surface area contributed by atoms with Crippen LogP contribution in [0.3, 0.4) is 0 Å². The average molecular weight is 268 g/mol. The molecule has 0 aliphatic carbocycles. The Morgan fingerprint density at radius 3 is 2.37 bits per heavy atom. The van der Waals surface area contributed by atoms with Crippen LogP contribution >= 0.6 is 0 Å². The van der Waals surface area contributed by atoms with Crippen molar-refractivity contribution in [1.29, 1.82) is 0 Å². The van der Waals surface area contributed by atoms with Crippen LogP contribution in [0.15, 0.2) is 24.3 Å². The summed E-state index contributed by atoms with van der Waals surface area (Å²) >= 11 is 0. The van der Waals surface area contributed by atoms with E-state index in [1.165, 1.54) is 12.1 Å². The maximum atomic E-state index is 12.9. The third kappa shape index (κ3) is 5.17. The normalized spacial score (nSPS) is 14.5. The fourth-order valence-corrected chi connectivity index (χ4v) is 2.13. The lowest BCUT2D eigenvalue weighted by molar-refractivity contribution is 0.158. The van der Waals surface area contributed by atoms with Crippen LogP contribution in [0.1, 0.15) is 27.2 Å². The standard InChI is InChI=1S/C15H25FN2O/c1-12(2)17-15(3,11-19)9-10-18(4)14-7-5-13(16)6-8-14/h5-8,12,17,19H,9-11H2,1-4H3. The molecule has 108 valence electrons. The second-order valence-corrected chi connectivity index (χ2v) is 5.67. The molecular formula is C15H25FN2O. The quantitative estimate of drug-likeness (QED) is 0.797. The van der Waals surface area contributed by atoms with Gasteiger partial charge in [-0.05, 0) is 37.6 Å². The van der Waals surface area contributed by atoms with Crippen molar-refractivity contribution in [3.05, 3.63) is 30.1 Å². The fourth-order valence-electron chi connectivity index (χ4n) is 2.13. The lowest BCUT2D eigenvalue weighted by Crippen LogP contribution is -2.50. The molecule has 0 saturated heterocycles. The molecule has 1 aromatic carbocycles. The van der Waals surface area contributed by atoms with Gasteiger partial charge in [-0.3, -0.25) is 0 Å². The zero-order valence-electron chi connectivity index (χ0n) is 12.3. The molecule has 0 amide bonds. The van der Waals surface area contributed by atoms with Crippen LogP contribution in [0.2, 0.25) is 0 Å². The van der Waals surface area contributed by atoms with Gasteiger partial charge in [0, 0.05) is 30.9 Å². The van der Waals surface area contributed by atoms with E-state index < -0.39 is 0 Å². The van der Waals surface area contributed by atoms with Crippen molar-refractivity contribution in [3.8, 4) is 0 Å². The first-order chi connectivity index (χ1) is 8.86. The van der Waals surface area contributed by atoms with Gasteiger partial charge in [0.2, 0.25) is 0 Å². The van der Waals surface area contributed by atoms with Crippen LogP contribution in [-0.4, -0.2) is 36.9 Å². The predicted octanol–water partition coefficient (Wildman–Crippen LogP) is 2.40. The number of halogens is 1. The van der Waals surface area contributed by atoms with Crippen molar-refractivity contribution in [2.45, 2.75) is 38.8 Å². The number of anilines is 1. The Hall–Kier alpha value is -1.13. The Bertz CT molecular complexity index is 380. The van der Waals surface area contributed by atoms with E-state index in [0.29, 0.717) is 6.04 Å². The minimum absolute atomic E-state index is 0.0996. The zero-order valence-corrected chi connectivity index (χ0v) is 12.3. The summed E-state index contributed by atoms with van der Waals surface area (Å²) in [5.74, 6) is -0.223. The molecule has 1 aromatic rings. The van der Waals surface area contributed by atoms with E-state index >= 15 is 0 Å². The number of aliphatic hydroxyl groups excluding tert-OH is 1. The Morgan fingerprint density at radius 1 is 1.32 bits per heavy atom. The summed E-state index contributed by atoms with van der Waals surface area (Å²) in [5, 5.41) is 12.9. The first-order valence-electron chi connectivity index (χ1n) is 6.71. The molecule has 0 fully saturated rings. The minimum atomic E-state index is -0.289. The summed E-state index contributed by atoms with van der Waals surface area (Å²) in [7, 11) is 1.97. The first-order valence-corrected chi connectivity index (χ1v) is 6.71. The lowest BCUT2D eigenvalue weighted by Gasteiger charge is -2.33. The molecule has 1 unspecified atom stereocenters. The minimum Gasteiger partial charge on any atom is -0.394 e. The molecule has 0 aliphatic rings. The van der Waals surface area contributed by atoms with Crippen molar-refractivity contribution in [2.24, 2.45) is 0 Å². The average Bonchev–Trinajstić information content (AvgIpc) is 2.36. The van der Waals surface area contributed by atoms with Gasteiger partial charge in [-0.1, -0.05) is 13.8 Å². The highest BCUT2D eigenvalue weighted by Gasteiger charge is 2.24. The maximum Gasteiger partial charge on any atom is 0.123 e. The van der Waals surface area contributed by atoms with E-state index in [9.17, 15) is 9.50 Å². The monoisotopic (exact) mass is 268 g/mol. The number of benzene rings is 1. The predicted molar refractivity (Wildman–Crippen MR) is 78.0 cm³/mol. The molecule has 0 aliphatic heterocycles. The van der Waals surface area contributed by atoms with Crippen LogP contribution in [0.25, 0.3) is 0 Å². The molecule has 0 spiro atoms. The first kappa shape index (κ1) is 15.9. The number of aliphatic hydroxyl groups is 1. The topological polar surface area (TPSA) is 35.5 Å². The van der Waals surface area contributed by atoms with E-state index in [-0.39, 0.29) is 18.0 Å². The van der Waals surface area contributed by atoms with Gasteiger partial charge in [0.05, 0.1) is 6.61 Å². The highest BCUT2D eigenvalue weighted by Crippen LogP contribution is 2.16. The molecule has 0 radical (unpaired) electrons. The highest BCUT2D eigenvalue weighted by atomic mass is 19.1. The van der Waals surface area contributed by atoms with Crippen molar-refractivity contribution >= 4 is 5.69 Å². The van der Waals surface area contributed by atoms with Gasteiger partial charge in [0.25, 0.3) is 0 Å². The van der Waals surface area contributed by atoms with Gasteiger partial charge in [-0.15, -0.1) is 0 Å². The van der Waals surface area contributed by atoms with Crippen molar-refractivity contribution < 1.29 is 9.50 Å². The van der Waals surface area contributed by atoms with Gasteiger partial charge in [0.15, 0.2) is 0 Å². The van der Waals surface area contributed by atoms with Gasteiger partial charge < -0.3 is 15.3 Å². The second-order valence-electron chi connectivity index (χ2n) is 5.67. The summed E-state index contributed by atoms with van der Waals surface area (Å²) in [5.41, 5.74) is 0.689. The summed E-state index contributed by atoms with van der Waals surface area (Å²) in [6.07, 6.45) is 0.815. The third-order valence-electron chi connectivity index (χ3n) is 3.25. The fraction of sp³-hybridized carbons (Fsp3) is 0.600. The Kier molecular flexibility index (Phi) is 5.76. The molecule has 4 heteroatoms. The Morgan fingerprint density at radius 2 is 1.89 bits per heavy atom. The summed E-state index contributed by atoms with van der Waals surface area (Å²) < 4.78 is 12.9. The van der Waals surface area contributed by atoms with Gasteiger partial charge >= 0.3 is 0 Å². The van der Waals surface area contributed by atoms with E-state index in [1.54, 1.807) is 12.1 Å². The Balaban J connectivity index is 2.57. The van der Waals surface area contributed by atoms with Crippen LogP contribution in [-0.2, 0) is 0 Å². The molecule has 0 saturated carbocycles. The van der Waals surface area contributed by atoms with Crippen molar-refractivity contribution in [1.82, 2.24) is 5.32 Å². The third-order valence-corrected chi connectivity index (χ3v) is 3.25. The molecule has 1 rings (SSSR count). The molecule has 2 N–H and O–H groups in total. The van der Waals surface area contributed by atoms with E-state index in [1.807, 2.05) is 14.0 Å². The summed E-state index contributed by atoms with van der Waals surface area (Å²) in [6.45, 7) is 7.05. The zero-order chi connectivity index (χ0) is 14.5. The smallest absolute Gasteiger partial charge is 0.123 e. The SMILES string of the molecule is CC(C)NC(C)(CO)CCN(C)c1ccc(F)cc1.